The summed E-state index contributed by atoms with van der Waals surface area (Å²) in [6.07, 6.45) is 8.94. The van der Waals surface area contributed by atoms with Gasteiger partial charge in [0.25, 0.3) is 0 Å². The zero-order chi connectivity index (χ0) is 32.2. The van der Waals surface area contributed by atoms with Crippen LogP contribution >= 0.6 is 22.7 Å². The van der Waals surface area contributed by atoms with Crippen LogP contribution in [0.5, 0.6) is 0 Å². The Hall–Kier alpha value is -6.08. The largest absolute Gasteiger partial charge is 0.315 e. The Kier molecular flexibility index (Phi) is 4.62. The van der Waals surface area contributed by atoms with Crippen molar-refractivity contribution in [1.29, 1.82) is 0 Å². The minimum Gasteiger partial charge on any atom is -0.315 e. The predicted octanol–water partition coefficient (Wildman–Crippen LogP) is 12.6. The molecule has 6 aromatic carbocycles. The van der Waals surface area contributed by atoms with Gasteiger partial charge in [0.05, 0.1) is 22.1 Å². The monoisotopic (exact) mass is 672 g/mol. The van der Waals surface area contributed by atoms with E-state index in [4.69, 9.17) is 0 Å². The van der Waals surface area contributed by atoms with Gasteiger partial charge in [-0.15, -0.1) is 22.7 Å². The molecule has 0 atom stereocenters. The Bertz CT molecular complexity index is 3190. The second-order valence-corrected chi connectivity index (χ2v) is 15.7. The fourth-order valence-electron chi connectivity index (χ4n) is 8.66. The van der Waals surface area contributed by atoms with Gasteiger partial charge >= 0.3 is 0 Å². The Morgan fingerprint density at radius 1 is 0.280 bits per heavy atom. The average molecular weight is 673 g/mol. The van der Waals surface area contributed by atoms with Crippen LogP contribution in [0.2, 0.25) is 0 Å². The summed E-state index contributed by atoms with van der Waals surface area (Å²) in [4.78, 5) is 0. The summed E-state index contributed by atoms with van der Waals surface area (Å²) in [5.74, 6) is 0. The number of hydrogen-bond donors (Lipinski definition) is 0. The van der Waals surface area contributed by atoms with Crippen molar-refractivity contribution in [3.05, 3.63) is 146 Å². The summed E-state index contributed by atoms with van der Waals surface area (Å²) in [7, 11) is 0. The highest BCUT2D eigenvalue weighted by atomic mass is 32.1. The number of nitrogens with zero attached hydrogens (tertiary/aromatic N) is 4. The zero-order valence-corrected chi connectivity index (χ0v) is 28.1. The van der Waals surface area contributed by atoms with Crippen LogP contribution in [0.4, 0.5) is 0 Å². The smallest absolute Gasteiger partial charge is 0.0777 e. The number of fused-ring (bicyclic) bond motifs is 8. The lowest BCUT2D eigenvalue weighted by atomic mass is 10.1. The number of rotatable bonds is 0. The first-order valence-corrected chi connectivity index (χ1v) is 18.5. The van der Waals surface area contributed by atoms with Gasteiger partial charge in [-0.1, -0.05) is 24.3 Å². The number of hydrogen-bond acceptors (Lipinski definition) is 2. The van der Waals surface area contributed by atoms with Gasteiger partial charge in [0, 0.05) is 109 Å². The molecule has 0 unspecified atom stereocenters. The Labute approximate surface area is 291 Å². The highest BCUT2D eigenvalue weighted by molar-refractivity contribution is 7.26. The van der Waals surface area contributed by atoms with Crippen molar-refractivity contribution in [2.75, 3.05) is 0 Å². The molecule has 0 N–H and O–H groups in total. The molecule has 13 rings (SSSR count). The first kappa shape index (κ1) is 25.9. The molecule has 0 spiro atoms. The maximum Gasteiger partial charge on any atom is 0.0777 e. The van der Waals surface area contributed by atoms with E-state index >= 15 is 0 Å². The first-order valence-electron chi connectivity index (χ1n) is 16.9. The Morgan fingerprint density at radius 2 is 0.540 bits per heavy atom. The molecule has 0 aliphatic carbocycles. The van der Waals surface area contributed by atoms with E-state index in [1.165, 1.54) is 106 Å². The van der Waals surface area contributed by atoms with Crippen LogP contribution in [0, 0.1) is 0 Å². The van der Waals surface area contributed by atoms with Gasteiger partial charge in [-0.2, -0.15) is 0 Å². The summed E-state index contributed by atoms with van der Waals surface area (Å²) < 4.78 is 14.7. The molecule has 7 heterocycles. The van der Waals surface area contributed by atoms with Crippen molar-refractivity contribution in [3.8, 4) is 0 Å². The van der Waals surface area contributed by atoms with Crippen molar-refractivity contribution in [1.82, 2.24) is 17.6 Å². The number of aromatic nitrogens is 4. The van der Waals surface area contributed by atoms with Gasteiger partial charge in [-0.05, 0) is 97.1 Å². The minimum absolute atomic E-state index is 1.17. The van der Waals surface area contributed by atoms with Crippen LogP contribution < -0.4 is 0 Å². The van der Waals surface area contributed by atoms with Crippen LogP contribution in [-0.4, -0.2) is 17.6 Å². The van der Waals surface area contributed by atoms with Crippen molar-refractivity contribution < 1.29 is 0 Å². The maximum atomic E-state index is 2.39. The molecule has 50 heavy (non-hydrogen) atoms. The third-order valence-corrected chi connectivity index (χ3v) is 13.3. The third-order valence-electron chi connectivity index (χ3n) is 11.0. The molecule has 8 bridgehead atoms. The highest BCUT2D eigenvalue weighted by Gasteiger charge is 2.14. The van der Waals surface area contributed by atoms with E-state index in [1.807, 2.05) is 22.7 Å². The van der Waals surface area contributed by atoms with E-state index in [-0.39, 0.29) is 0 Å². The van der Waals surface area contributed by atoms with E-state index < -0.39 is 0 Å². The molecule has 13 aromatic rings. The quantitative estimate of drug-likeness (QED) is 0.153. The Morgan fingerprint density at radius 3 is 0.800 bits per heavy atom. The molecule has 0 amide bonds. The molecule has 0 saturated heterocycles. The van der Waals surface area contributed by atoms with Gasteiger partial charge in [-0.3, -0.25) is 0 Å². The fraction of sp³-hybridized carbons (Fsp3) is 0. The summed E-state index contributed by atoms with van der Waals surface area (Å²) in [6, 6.07) is 45.9. The molecule has 0 aliphatic rings. The van der Waals surface area contributed by atoms with Gasteiger partial charge in [0.2, 0.25) is 0 Å². The van der Waals surface area contributed by atoms with Crippen LogP contribution in [0.3, 0.4) is 0 Å². The molecular formula is C44H24N4S2. The van der Waals surface area contributed by atoms with E-state index in [9.17, 15) is 0 Å². The maximum absolute atomic E-state index is 2.39. The highest BCUT2D eigenvalue weighted by Crippen LogP contribution is 2.39. The van der Waals surface area contributed by atoms with Crippen LogP contribution in [0.1, 0.15) is 0 Å². The molecular weight excluding hydrogens is 649 g/mol. The average Bonchev–Trinajstić information content (AvgIpc) is 4.00. The van der Waals surface area contributed by atoms with E-state index in [0.29, 0.717) is 0 Å². The SMILES string of the molecule is c1cc2ccn3c4ccc5sc6ccc(cc6c5c4)n4ccc5ccc6ccn(c7ccc8sc9ccc(cc9c8c7)n7ccc1c7c23)c6c54. The van der Waals surface area contributed by atoms with E-state index in [1.54, 1.807) is 0 Å². The van der Waals surface area contributed by atoms with Crippen molar-refractivity contribution >= 4 is 129 Å². The number of thiophene rings is 2. The molecule has 6 heteroatoms. The number of benzene rings is 6. The van der Waals surface area contributed by atoms with Crippen LogP contribution in [0.25, 0.3) is 106 Å². The van der Waals surface area contributed by atoms with Crippen molar-refractivity contribution in [2.24, 2.45) is 0 Å². The second-order valence-electron chi connectivity index (χ2n) is 13.6. The summed E-state index contributed by atoms with van der Waals surface area (Å²) >= 11 is 3.74. The lowest BCUT2D eigenvalue weighted by molar-refractivity contribution is 1.24. The van der Waals surface area contributed by atoms with E-state index in [0.717, 1.165) is 0 Å². The zero-order valence-electron chi connectivity index (χ0n) is 26.5. The normalized spacial score (nSPS) is 12.8. The molecule has 0 fully saturated rings. The van der Waals surface area contributed by atoms with Crippen molar-refractivity contribution in [3.63, 3.8) is 0 Å². The van der Waals surface area contributed by atoms with Gasteiger partial charge in [-0.25, -0.2) is 0 Å². The van der Waals surface area contributed by atoms with Gasteiger partial charge in [0.1, 0.15) is 0 Å². The van der Waals surface area contributed by atoms with Gasteiger partial charge in [0.15, 0.2) is 0 Å². The summed E-state index contributed by atoms with van der Waals surface area (Å²) in [6.45, 7) is 0. The summed E-state index contributed by atoms with van der Waals surface area (Å²) in [5, 5.41) is 10.1. The standard InChI is InChI=1S/C44H24N4S2/c1-2-26-14-18-46-30-6-10-38-34(22-30)36-24-32(8-12-40(36)50-38)48-20-16-28-4-3-27-15-19-47(43(27)44(28)48)31-7-11-39-35(23-31)33-21-29(5-9-37(33)49-39)45-17-13-25(1)41(45)42(26)46/h1-24H. The topological polar surface area (TPSA) is 17.6 Å². The lowest BCUT2D eigenvalue weighted by Gasteiger charge is -2.05. The molecule has 0 radical (unpaired) electrons. The van der Waals surface area contributed by atoms with E-state index in [2.05, 4.69) is 164 Å². The molecule has 0 aliphatic heterocycles. The molecule has 232 valence electrons. The third kappa shape index (κ3) is 3.21. The van der Waals surface area contributed by atoms with Crippen LogP contribution in [0.15, 0.2) is 146 Å². The van der Waals surface area contributed by atoms with Crippen LogP contribution in [-0.2, 0) is 0 Å². The second kappa shape index (κ2) is 8.93. The molecule has 0 saturated carbocycles. The first-order chi connectivity index (χ1) is 24.7. The Balaban J connectivity index is 1.32. The molecule has 7 aromatic heterocycles. The fourth-order valence-corrected chi connectivity index (χ4v) is 10.8. The minimum atomic E-state index is 1.17. The summed E-state index contributed by atoms with van der Waals surface area (Å²) in [5.41, 5.74) is 9.58. The predicted molar refractivity (Wildman–Crippen MR) is 215 cm³/mol. The molecule has 4 nitrogen and oxygen atoms in total. The van der Waals surface area contributed by atoms with Crippen molar-refractivity contribution in [2.45, 2.75) is 0 Å². The lowest BCUT2D eigenvalue weighted by Crippen LogP contribution is -1.89. The van der Waals surface area contributed by atoms with Gasteiger partial charge < -0.3 is 17.6 Å².